The number of ether oxygens (including phenoxy) is 2. The molecule has 0 aliphatic carbocycles. The zero-order valence-corrected chi connectivity index (χ0v) is 34.8. The van der Waals surface area contributed by atoms with Crippen LogP contribution in [0, 0.1) is 11.8 Å². The second-order valence-electron chi connectivity index (χ2n) is 16.8. The van der Waals surface area contributed by atoms with Crippen molar-refractivity contribution in [3.8, 4) is 0 Å². The van der Waals surface area contributed by atoms with Crippen LogP contribution in [0.25, 0.3) is 21.5 Å². The molecule has 8 nitrogen and oxygen atoms in total. The van der Waals surface area contributed by atoms with E-state index in [1.807, 2.05) is 74.5 Å². The lowest BCUT2D eigenvalue weighted by Gasteiger charge is -2.33. The highest BCUT2D eigenvalue weighted by molar-refractivity contribution is 5.93. The molecule has 0 unspecified atom stereocenters. The molecule has 0 aromatic heterocycles. The minimum Gasteiger partial charge on any atom is -0.437 e. The molecule has 6 aromatic rings. The van der Waals surface area contributed by atoms with Gasteiger partial charge in [0.1, 0.15) is 0 Å². The summed E-state index contributed by atoms with van der Waals surface area (Å²) in [5.74, 6) is -0.530. The summed E-state index contributed by atoms with van der Waals surface area (Å²) in [6.45, 7) is 10.9. The molecule has 60 heavy (non-hydrogen) atoms. The summed E-state index contributed by atoms with van der Waals surface area (Å²) in [4.78, 5) is 32.6. The number of carbonyl (C=O) groups excluding carboxylic acids is 2. The molecule has 2 fully saturated rings. The number of fused-ring (bicyclic) bond motifs is 2. The second-order valence-corrected chi connectivity index (χ2v) is 16.8. The molecule has 2 aliphatic rings. The van der Waals surface area contributed by atoms with E-state index in [9.17, 15) is 9.59 Å². The molecule has 0 amide bonds. The Bertz CT molecular complexity index is 2240. The van der Waals surface area contributed by atoms with E-state index < -0.39 is 23.4 Å². The first-order chi connectivity index (χ1) is 29.2. The maximum Gasteiger partial charge on any atom is 0.333 e. The van der Waals surface area contributed by atoms with Crippen molar-refractivity contribution in [3.05, 3.63) is 180 Å². The van der Waals surface area contributed by atoms with Crippen molar-refractivity contribution in [1.29, 1.82) is 0 Å². The molecule has 6 aromatic carbocycles. The van der Waals surface area contributed by atoms with Crippen LogP contribution in [0.1, 0.15) is 48.9 Å². The molecule has 0 bridgehead atoms. The van der Waals surface area contributed by atoms with Crippen molar-refractivity contribution in [2.24, 2.45) is 11.8 Å². The van der Waals surface area contributed by atoms with Gasteiger partial charge in [-0.15, -0.1) is 0 Å². The van der Waals surface area contributed by atoms with Gasteiger partial charge >= 0.3 is 11.9 Å². The van der Waals surface area contributed by atoms with Crippen molar-refractivity contribution in [2.75, 3.05) is 39.3 Å². The topological polar surface area (TPSA) is 83.1 Å². The summed E-state index contributed by atoms with van der Waals surface area (Å²) in [5.41, 5.74) is 1.97. The van der Waals surface area contributed by atoms with Gasteiger partial charge in [-0.1, -0.05) is 146 Å². The molecule has 308 valence electrons. The highest BCUT2D eigenvalue weighted by Crippen LogP contribution is 2.33. The summed E-state index contributed by atoms with van der Waals surface area (Å²) in [5, 5.41) is 11.4. The zero-order valence-electron chi connectivity index (χ0n) is 34.8. The maximum absolute atomic E-state index is 13.8. The van der Waals surface area contributed by atoms with Crippen molar-refractivity contribution in [1.82, 2.24) is 20.4 Å². The predicted octanol–water partition coefficient (Wildman–Crippen LogP) is 8.90. The number of rotatable bonds is 16. The lowest BCUT2D eigenvalue weighted by Crippen LogP contribution is -2.46. The van der Waals surface area contributed by atoms with E-state index in [1.54, 1.807) is 0 Å². The smallest absolute Gasteiger partial charge is 0.333 e. The van der Waals surface area contributed by atoms with E-state index in [-0.39, 0.29) is 0 Å². The van der Waals surface area contributed by atoms with Crippen molar-refractivity contribution < 1.29 is 19.1 Å². The van der Waals surface area contributed by atoms with Crippen LogP contribution in [0.5, 0.6) is 0 Å². The molecule has 0 radical (unpaired) electrons. The van der Waals surface area contributed by atoms with Crippen LogP contribution in [-0.2, 0) is 43.6 Å². The quantitative estimate of drug-likeness (QED) is 0.0571. The minimum atomic E-state index is -1.17. The van der Waals surface area contributed by atoms with Crippen molar-refractivity contribution in [3.63, 3.8) is 0 Å². The molecular formula is C52H56N4O4. The normalized spacial score (nSPS) is 19.4. The number of likely N-dealkylation sites (tertiary alicyclic amines) is 2. The van der Waals surface area contributed by atoms with Gasteiger partial charge in [0.2, 0.25) is 0 Å². The molecule has 4 atom stereocenters. The van der Waals surface area contributed by atoms with E-state index in [2.05, 4.69) is 105 Å². The fraction of sp³-hybridized carbons (Fsp3) is 0.308. The highest BCUT2D eigenvalue weighted by Gasteiger charge is 2.36. The average molecular weight is 801 g/mol. The van der Waals surface area contributed by atoms with Crippen LogP contribution in [0.3, 0.4) is 0 Å². The Hall–Kier alpha value is -5.64. The van der Waals surface area contributed by atoms with E-state index in [1.165, 1.54) is 23.3 Å². The summed E-state index contributed by atoms with van der Waals surface area (Å²) in [6, 6.07) is 49.4. The lowest BCUT2D eigenvalue weighted by atomic mass is 9.96. The fourth-order valence-corrected chi connectivity index (χ4v) is 9.07. The Morgan fingerprint density at radius 1 is 0.550 bits per heavy atom. The standard InChI is InChI=1S/C52H56N4O4/c1-51(47-25-13-21-43-19-9-11-23-45(43)47,53-33-41-29-31-55(37-41)35-39-15-5-3-6-16-39)59-49(57)27-28-50(58)60-52(2,48-26-14-22-44-20-10-12-24-46(44)48)54-34-42-30-32-56(38-42)36-40-17-7-4-8-18-40/h3-28,41-42,53-54H,29-38H2,1-2H3/b28-27+/t41-,42-,51+,52+/m0/s1. The molecule has 2 aliphatic heterocycles. The number of nitrogens with one attached hydrogen (secondary N) is 2. The van der Waals surface area contributed by atoms with Gasteiger partial charge in [-0.3, -0.25) is 20.4 Å². The van der Waals surface area contributed by atoms with E-state index in [4.69, 9.17) is 9.47 Å². The monoisotopic (exact) mass is 800 g/mol. The third kappa shape index (κ3) is 10.0. The first kappa shape index (κ1) is 41.1. The molecule has 0 saturated carbocycles. The van der Waals surface area contributed by atoms with Crippen LogP contribution in [0.15, 0.2) is 158 Å². The van der Waals surface area contributed by atoms with Gasteiger partial charge < -0.3 is 9.47 Å². The number of esters is 2. The number of benzene rings is 6. The molecular weight excluding hydrogens is 745 g/mol. The summed E-state index contributed by atoms with van der Waals surface area (Å²) < 4.78 is 12.7. The van der Waals surface area contributed by atoms with Crippen LogP contribution < -0.4 is 10.6 Å². The van der Waals surface area contributed by atoms with Crippen LogP contribution >= 0.6 is 0 Å². The zero-order chi connectivity index (χ0) is 41.4. The van der Waals surface area contributed by atoms with Gasteiger partial charge in [-0.05, 0) is 84.3 Å². The summed E-state index contributed by atoms with van der Waals surface area (Å²) in [6.07, 6.45) is 4.46. The molecule has 2 saturated heterocycles. The predicted molar refractivity (Wildman–Crippen MR) is 240 cm³/mol. The maximum atomic E-state index is 13.8. The molecule has 0 spiro atoms. The first-order valence-electron chi connectivity index (χ1n) is 21.4. The minimum absolute atomic E-state index is 0.377. The number of hydrogen-bond acceptors (Lipinski definition) is 8. The SMILES string of the molecule is C[C@@](NC[C@@H]1CCN(Cc2ccccc2)C1)(OC(=O)/C=C/C(=O)O[C@@](C)(NC[C@@H]1CCN(Cc2ccccc2)C1)c1cccc2ccccc12)c1cccc2ccccc12. The molecule has 2 N–H and O–H groups in total. The second kappa shape index (κ2) is 18.7. The Balaban J connectivity index is 0.965. The molecule has 8 heteroatoms. The Labute approximate surface area is 354 Å². The van der Waals surface area contributed by atoms with Gasteiger partial charge in [0.15, 0.2) is 11.4 Å². The fourth-order valence-electron chi connectivity index (χ4n) is 9.07. The summed E-state index contributed by atoms with van der Waals surface area (Å²) in [7, 11) is 0. The lowest BCUT2D eigenvalue weighted by molar-refractivity contribution is -0.159. The van der Waals surface area contributed by atoms with Gasteiger partial charge in [-0.2, -0.15) is 0 Å². The van der Waals surface area contributed by atoms with Gasteiger partial charge in [0.05, 0.1) is 0 Å². The van der Waals surface area contributed by atoms with Crippen LogP contribution in [0.4, 0.5) is 0 Å². The van der Waals surface area contributed by atoms with E-state index in [0.29, 0.717) is 24.9 Å². The Kier molecular flexibility index (Phi) is 12.8. The third-order valence-electron chi connectivity index (χ3n) is 12.3. The molecule has 8 rings (SSSR count). The van der Waals surface area contributed by atoms with Gasteiger partial charge in [0.25, 0.3) is 0 Å². The average Bonchev–Trinajstić information content (AvgIpc) is 3.93. The Morgan fingerprint density at radius 3 is 1.37 bits per heavy atom. The van der Waals surface area contributed by atoms with Gasteiger partial charge in [-0.25, -0.2) is 9.59 Å². The summed E-state index contributed by atoms with van der Waals surface area (Å²) >= 11 is 0. The number of nitrogens with zero attached hydrogens (tertiary/aromatic N) is 2. The van der Waals surface area contributed by atoms with Gasteiger partial charge in [0, 0.05) is 62.5 Å². The third-order valence-corrected chi connectivity index (χ3v) is 12.3. The highest BCUT2D eigenvalue weighted by atomic mass is 16.6. The van der Waals surface area contributed by atoms with Crippen LogP contribution in [0.2, 0.25) is 0 Å². The Morgan fingerprint density at radius 2 is 0.933 bits per heavy atom. The molecule has 2 heterocycles. The van der Waals surface area contributed by atoms with Crippen LogP contribution in [-0.4, -0.2) is 61.0 Å². The number of hydrogen-bond donors (Lipinski definition) is 2. The van der Waals surface area contributed by atoms with Crippen molar-refractivity contribution in [2.45, 2.75) is 51.2 Å². The number of carbonyl (C=O) groups is 2. The first-order valence-corrected chi connectivity index (χ1v) is 21.4. The van der Waals surface area contributed by atoms with E-state index >= 15 is 0 Å². The largest absolute Gasteiger partial charge is 0.437 e. The van der Waals surface area contributed by atoms with Crippen molar-refractivity contribution >= 4 is 33.5 Å². The van der Waals surface area contributed by atoms with E-state index in [0.717, 1.165) is 84.8 Å².